The molecular formula is C7H11F3N4S. The molecule has 0 saturated carbocycles. The summed E-state index contributed by atoms with van der Waals surface area (Å²) in [6, 6.07) is 0. The average Bonchev–Trinajstić information content (AvgIpc) is 2.42. The molecular weight excluding hydrogens is 229 g/mol. The molecule has 2 N–H and O–H groups in total. The number of thioether (sulfide) groups is 1. The van der Waals surface area contributed by atoms with Gasteiger partial charge in [-0.05, 0) is 6.42 Å². The summed E-state index contributed by atoms with van der Waals surface area (Å²) in [4.78, 5) is 0. The fourth-order valence-electron chi connectivity index (χ4n) is 0.888. The zero-order valence-electron chi connectivity index (χ0n) is 8.08. The Morgan fingerprint density at radius 2 is 2.07 bits per heavy atom. The van der Waals surface area contributed by atoms with Crippen LogP contribution in [0.1, 0.15) is 12.8 Å². The van der Waals surface area contributed by atoms with E-state index in [2.05, 4.69) is 10.2 Å². The molecule has 0 saturated heterocycles. The van der Waals surface area contributed by atoms with Crippen molar-refractivity contribution in [1.82, 2.24) is 14.8 Å². The molecule has 1 rings (SSSR count). The Kier molecular flexibility index (Phi) is 3.83. The van der Waals surface area contributed by atoms with Gasteiger partial charge in [-0.3, -0.25) is 4.57 Å². The van der Waals surface area contributed by atoms with Gasteiger partial charge in [0.05, 0.1) is 0 Å². The second-order valence-corrected chi connectivity index (χ2v) is 4.03. The zero-order chi connectivity index (χ0) is 11.5. The minimum absolute atomic E-state index is 0.0704. The van der Waals surface area contributed by atoms with E-state index in [4.69, 9.17) is 5.73 Å². The van der Waals surface area contributed by atoms with Crippen molar-refractivity contribution in [3.63, 3.8) is 0 Å². The van der Waals surface area contributed by atoms with Gasteiger partial charge in [0.2, 0.25) is 5.95 Å². The van der Waals surface area contributed by atoms with Gasteiger partial charge < -0.3 is 5.73 Å². The molecule has 4 nitrogen and oxygen atoms in total. The first kappa shape index (κ1) is 12.2. The highest BCUT2D eigenvalue weighted by molar-refractivity contribution is 7.99. The zero-order valence-corrected chi connectivity index (χ0v) is 8.90. The van der Waals surface area contributed by atoms with Crippen LogP contribution < -0.4 is 5.73 Å². The highest BCUT2D eigenvalue weighted by Gasteiger charge is 2.26. The lowest BCUT2D eigenvalue weighted by Gasteiger charge is -2.05. The van der Waals surface area contributed by atoms with Crippen molar-refractivity contribution in [3.05, 3.63) is 0 Å². The fraction of sp³-hybridized carbons (Fsp3) is 0.714. The Bertz CT molecular complexity index is 323. The summed E-state index contributed by atoms with van der Waals surface area (Å²) in [5.41, 5.74) is 5.41. The third kappa shape index (κ3) is 3.98. The number of nitrogens with zero attached hydrogens (tertiary/aromatic N) is 3. The minimum Gasteiger partial charge on any atom is -0.368 e. The van der Waals surface area contributed by atoms with Crippen LogP contribution >= 0.6 is 11.8 Å². The highest BCUT2D eigenvalue weighted by atomic mass is 32.2. The van der Waals surface area contributed by atoms with Crippen LogP contribution in [0.4, 0.5) is 19.1 Å². The molecule has 0 unspecified atom stereocenters. The van der Waals surface area contributed by atoms with Gasteiger partial charge >= 0.3 is 6.18 Å². The van der Waals surface area contributed by atoms with Crippen LogP contribution in [0.5, 0.6) is 0 Å². The SMILES string of the molecule is Cn1c(N)nnc1SCCCC(F)(F)F. The lowest BCUT2D eigenvalue weighted by atomic mass is 10.3. The van der Waals surface area contributed by atoms with Crippen molar-refractivity contribution in [2.75, 3.05) is 11.5 Å². The molecule has 0 bridgehead atoms. The normalized spacial score (nSPS) is 12.0. The van der Waals surface area contributed by atoms with Gasteiger partial charge in [0, 0.05) is 19.2 Å². The second-order valence-electron chi connectivity index (χ2n) is 2.97. The second kappa shape index (κ2) is 4.73. The van der Waals surface area contributed by atoms with Gasteiger partial charge in [-0.15, -0.1) is 10.2 Å². The fourth-order valence-corrected chi connectivity index (χ4v) is 1.74. The molecule has 1 aromatic rings. The molecule has 1 aromatic heterocycles. The topological polar surface area (TPSA) is 56.7 Å². The first-order chi connectivity index (χ1) is 6.90. The monoisotopic (exact) mass is 240 g/mol. The quantitative estimate of drug-likeness (QED) is 0.644. The molecule has 0 fully saturated rings. The third-order valence-corrected chi connectivity index (χ3v) is 2.81. The summed E-state index contributed by atoms with van der Waals surface area (Å²) in [6.45, 7) is 0. The van der Waals surface area contributed by atoms with Crippen molar-refractivity contribution in [2.45, 2.75) is 24.2 Å². The van der Waals surface area contributed by atoms with Crippen LogP contribution in [0.25, 0.3) is 0 Å². The molecule has 0 aromatic carbocycles. The molecule has 0 radical (unpaired) electrons. The number of nitrogen functional groups attached to an aromatic ring is 1. The molecule has 1 heterocycles. The van der Waals surface area contributed by atoms with Crippen LogP contribution in [0, 0.1) is 0 Å². The molecule has 86 valence electrons. The van der Waals surface area contributed by atoms with Gasteiger partial charge in [0.1, 0.15) is 0 Å². The van der Waals surface area contributed by atoms with E-state index in [1.54, 1.807) is 7.05 Å². The molecule has 0 aliphatic rings. The summed E-state index contributed by atoms with van der Waals surface area (Å²) in [5.74, 6) is 0.610. The number of nitrogens with two attached hydrogens (primary N) is 1. The smallest absolute Gasteiger partial charge is 0.368 e. The van der Waals surface area contributed by atoms with Crippen LogP contribution in [0.2, 0.25) is 0 Å². The van der Waals surface area contributed by atoms with Crippen LogP contribution in [-0.4, -0.2) is 26.7 Å². The minimum atomic E-state index is -4.08. The van der Waals surface area contributed by atoms with Gasteiger partial charge in [-0.25, -0.2) is 0 Å². The summed E-state index contributed by atoms with van der Waals surface area (Å²) < 4.78 is 36.9. The number of anilines is 1. The van der Waals surface area contributed by atoms with Gasteiger partial charge in [0.15, 0.2) is 5.16 Å². The molecule has 0 amide bonds. The number of aromatic nitrogens is 3. The van der Waals surface area contributed by atoms with Gasteiger partial charge in [0.25, 0.3) is 0 Å². The van der Waals surface area contributed by atoms with Gasteiger partial charge in [-0.1, -0.05) is 11.8 Å². The van der Waals surface area contributed by atoms with Crippen LogP contribution in [0.15, 0.2) is 5.16 Å². The average molecular weight is 240 g/mol. The Balaban J connectivity index is 2.30. The molecule has 8 heteroatoms. The predicted molar refractivity (Wildman–Crippen MR) is 51.4 cm³/mol. The number of hydrogen-bond donors (Lipinski definition) is 1. The van der Waals surface area contributed by atoms with Crippen molar-refractivity contribution in [3.8, 4) is 0 Å². The van der Waals surface area contributed by atoms with E-state index in [-0.39, 0.29) is 12.4 Å². The molecule has 0 atom stereocenters. The largest absolute Gasteiger partial charge is 0.389 e. The van der Waals surface area contributed by atoms with Gasteiger partial charge in [-0.2, -0.15) is 13.2 Å². The van der Waals surface area contributed by atoms with E-state index < -0.39 is 12.6 Å². The van der Waals surface area contributed by atoms with Crippen molar-refractivity contribution < 1.29 is 13.2 Å². The molecule has 0 aliphatic carbocycles. The van der Waals surface area contributed by atoms with Crippen molar-refractivity contribution in [1.29, 1.82) is 0 Å². The Hall–Kier alpha value is -0.920. The number of halogens is 3. The maximum atomic E-state index is 11.8. The predicted octanol–water partition coefficient (Wildman–Crippen LogP) is 1.83. The summed E-state index contributed by atoms with van der Waals surface area (Å²) in [6.07, 6.45) is -4.78. The van der Waals surface area contributed by atoms with E-state index >= 15 is 0 Å². The highest BCUT2D eigenvalue weighted by Crippen LogP contribution is 2.24. The van der Waals surface area contributed by atoms with Crippen molar-refractivity contribution in [2.24, 2.45) is 7.05 Å². The van der Waals surface area contributed by atoms with E-state index in [9.17, 15) is 13.2 Å². The Labute approximate surface area is 89.0 Å². The first-order valence-electron chi connectivity index (χ1n) is 4.24. The van der Waals surface area contributed by atoms with E-state index in [0.29, 0.717) is 10.9 Å². The van der Waals surface area contributed by atoms with E-state index in [1.807, 2.05) is 0 Å². The maximum Gasteiger partial charge on any atom is 0.389 e. The standard InChI is InChI=1S/C7H11F3N4S/c1-14-5(11)12-13-6(14)15-4-2-3-7(8,9)10/h2-4H2,1H3,(H2,11,12). The first-order valence-corrected chi connectivity index (χ1v) is 5.23. The molecule has 0 aliphatic heterocycles. The number of alkyl halides is 3. The van der Waals surface area contributed by atoms with Crippen molar-refractivity contribution >= 4 is 17.7 Å². The Morgan fingerprint density at radius 1 is 1.40 bits per heavy atom. The maximum absolute atomic E-state index is 11.8. The number of hydrogen-bond acceptors (Lipinski definition) is 4. The van der Waals surface area contributed by atoms with E-state index in [1.165, 1.54) is 16.3 Å². The third-order valence-electron chi connectivity index (χ3n) is 1.70. The molecule has 0 spiro atoms. The van der Waals surface area contributed by atoms with Crippen LogP contribution in [-0.2, 0) is 7.05 Å². The summed E-state index contributed by atoms with van der Waals surface area (Å²) >= 11 is 1.22. The summed E-state index contributed by atoms with van der Waals surface area (Å²) in [5, 5.41) is 7.85. The summed E-state index contributed by atoms with van der Waals surface area (Å²) in [7, 11) is 1.67. The van der Waals surface area contributed by atoms with Crippen LogP contribution in [0.3, 0.4) is 0 Å². The molecule has 15 heavy (non-hydrogen) atoms. The Morgan fingerprint density at radius 3 is 2.53 bits per heavy atom. The lowest BCUT2D eigenvalue weighted by molar-refractivity contribution is -0.134. The van der Waals surface area contributed by atoms with E-state index in [0.717, 1.165) is 0 Å². The number of rotatable bonds is 4. The lowest BCUT2D eigenvalue weighted by Crippen LogP contribution is -2.07.